The van der Waals surface area contributed by atoms with Crippen LogP contribution in [0.2, 0.25) is 0 Å². The highest BCUT2D eigenvalue weighted by Gasteiger charge is 1.93. The van der Waals surface area contributed by atoms with Gasteiger partial charge in [0, 0.05) is 0 Å². The van der Waals surface area contributed by atoms with Crippen LogP contribution in [0.4, 0.5) is 4.79 Å². The van der Waals surface area contributed by atoms with Crippen molar-refractivity contribution in [2.24, 2.45) is 0 Å². The highest BCUT2D eigenvalue weighted by molar-refractivity contribution is 5.53. The number of carboxylic acid groups (broad SMARTS) is 2. The molecule has 0 unspecified atom stereocenters. The minimum atomic E-state index is -1.83. The van der Waals surface area contributed by atoms with Crippen molar-refractivity contribution in [2.45, 2.75) is 13.0 Å². The summed E-state index contributed by atoms with van der Waals surface area (Å²) in [7, 11) is 0. The van der Waals surface area contributed by atoms with Gasteiger partial charge in [0.2, 0.25) is 0 Å². The van der Waals surface area contributed by atoms with Crippen molar-refractivity contribution in [3.05, 3.63) is 71.8 Å². The van der Waals surface area contributed by atoms with Crippen LogP contribution < -0.4 is 0 Å². The number of ether oxygens (including phenoxy) is 1. The van der Waals surface area contributed by atoms with E-state index in [0.717, 1.165) is 13.0 Å². The normalized spacial score (nSPS) is 9.40. The Morgan fingerprint density at radius 1 is 0.850 bits per heavy atom. The standard InChI is InChI=1S/C15H16O.CH2O3/c1-3-7-14(8-4-1)11-12-16-13-15-9-5-2-6-10-15;2-1(3)4/h1-10H,11-13H2;(H2,2,3,4). The van der Waals surface area contributed by atoms with Gasteiger partial charge in [0.25, 0.3) is 0 Å². The van der Waals surface area contributed by atoms with E-state index in [1.807, 2.05) is 24.3 Å². The molecule has 2 aromatic rings. The van der Waals surface area contributed by atoms with E-state index in [9.17, 15) is 0 Å². The number of benzene rings is 2. The fraction of sp³-hybridized carbons (Fsp3) is 0.188. The zero-order valence-corrected chi connectivity index (χ0v) is 11.1. The van der Waals surface area contributed by atoms with Gasteiger partial charge in [-0.3, -0.25) is 0 Å². The van der Waals surface area contributed by atoms with E-state index in [1.54, 1.807) is 0 Å². The molecule has 20 heavy (non-hydrogen) atoms. The molecule has 0 saturated heterocycles. The number of carbonyl (C=O) groups is 1. The number of hydrogen-bond acceptors (Lipinski definition) is 2. The summed E-state index contributed by atoms with van der Waals surface area (Å²) in [5.41, 5.74) is 2.56. The Kier molecular flexibility index (Phi) is 7.53. The van der Waals surface area contributed by atoms with Crippen molar-refractivity contribution in [2.75, 3.05) is 6.61 Å². The molecule has 0 spiro atoms. The van der Waals surface area contributed by atoms with Crippen LogP contribution in [0.5, 0.6) is 0 Å². The quantitative estimate of drug-likeness (QED) is 0.816. The van der Waals surface area contributed by atoms with Crippen LogP contribution in [0.1, 0.15) is 11.1 Å². The zero-order valence-electron chi connectivity index (χ0n) is 11.1. The second kappa shape index (κ2) is 9.58. The van der Waals surface area contributed by atoms with Crippen LogP contribution in [-0.4, -0.2) is 23.0 Å². The molecule has 4 heteroatoms. The molecule has 0 aliphatic carbocycles. The molecule has 0 aliphatic rings. The van der Waals surface area contributed by atoms with Gasteiger partial charge in [-0.25, -0.2) is 4.79 Å². The lowest BCUT2D eigenvalue weighted by Gasteiger charge is -2.04. The SMILES string of the molecule is O=C(O)O.c1ccc(CCOCc2ccccc2)cc1. The molecule has 106 valence electrons. The molecule has 0 aromatic heterocycles. The molecule has 0 heterocycles. The first-order chi connectivity index (χ1) is 9.68. The Hall–Kier alpha value is -2.33. The zero-order chi connectivity index (χ0) is 14.6. The van der Waals surface area contributed by atoms with Crippen LogP contribution in [0.15, 0.2) is 60.7 Å². The molecule has 0 bridgehead atoms. The second-order valence-electron chi connectivity index (χ2n) is 4.06. The van der Waals surface area contributed by atoms with E-state index in [0.29, 0.717) is 6.61 Å². The van der Waals surface area contributed by atoms with Crippen molar-refractivity contribution in [1.82, 2.24) is 0 Å². The summed E-state index contributed by atoms with van der Waals surface area (Å²) in [6.45, 7) is 1.48. The van der Waals surface area contributed by atoms with Gasteiger partial charge < -0.3 is 14.9 Å². The first kappa shape index (κ1) is 15.7. The maximum Gasteiger partial charge on any atom is 0.503 e. The predicted octanol–water partition coefficient (Wildman–Crippen LogP) is 3.67. The van der Waals surface area contributed by atoms with Gasteiger partial charge >= 0.3 is 6.16 Å². The largest absolute Gasteiger partial charge is 0.503 e. The summed E-state index contributed by atoms with van der Waals surface area (Å²) < 4.78 is 5.62. The van der Waals surface area contributed by atoms with Crippen LogP contribution in [0.25, 0.3) is 0 Å². The second-order valence-corrected chi connectivity index (χ2v) is 4.06. The molecule has 4 nitrogen and oxygen atoms in total. The van der Waals surface area contributed by atoms with Crippen molar-refractivity contribution in [3.63, 3.8) is 0 Å². The van der Waals surface area contributed by atoms with E-state index in [-0.39, 0.29) is 0 Å². The first-order valence-corrected chi connectivity index (χ1v) is 6.26. The number of hydrogen-bond donors (Lipinski definition) is 2. The topological polar surface area (TPSA) is 66.8 Å². The molecule has 0 aliphatic heterocycles. The minimum absolute atomic E-state index is 0.702. The minimum Gasteiger partial charge on any atom is -0.450 e. The van der Waals surface area contributed by atoms with Crippen molar-refractivity contribution in [1.29, 1.82) is 0 Å². The van der Waals surface area contributed by atoms with Gasteiger partial charge in [-0.05, 0) is 17.5 Å². The average Bonchev–Trinajstić information content (AvgIpc) is 2.45. The monoisotopic (exact) mass is 274 g/mol. The lowest BCUT2D eigenvalue weighted by atomic mass is 10.2. The summed E-state index contributed by atoms with van der Waals surface area (Å²) in [5, 5.41) is 13.9. The molecule has 2 N–H and O–H groups in total. The third-order valence-corrected chi connectivity index (χ3v) is 2.49. The summed E-state index contributed by atoms with van der Waals surface area (Å²) in [5.74, 6) is 0. The van der Waals surface area contributed by atoms with Crippen LogP contribution in [0, 0.1) is 0 Å². The van der Waals surface area contributed by atoms with E-state index in [2.05, 4.69) is 36.4 Å². The first-order valence-electron chi connectivity index (χ1n) is 6.26. The van der Waals surface area contributed by atoms with Gasteiger partial charge in [-0.1, -0.05) is 60.7 Å². The molecule has 0 atom stereocenters. The third-order valence-electron chi connectivity index (χ3n) is 2.49. The molecule has 0 saturated carbocycles. The van der Waals surface area contributed by atoms with Crippen molar-refractivity contribution in [3.8, 4) is 0 Å². The maximum absolute atomic E-state index is 8.56. The molecule has 0 radical (unpaired) electrons. The van der Waals surface area contributed by atoms with E-state index >= 15 is 0 Å². The van der Waals surface area contributed by atoms with Gasteiger partial charge in [-0.2, -0.15) is 0 Å². The predicted molar refractivity (Wildman–Crippen MR) is 76.9 cm³/mol. The third kappa shape index (κ3) is 7.89. The van der Waals surface area contributed by atoms with E-state index < -0.39 is 6.16 Å². The molecular weight excluding hydrogens is 256 g/mol. The summed E-state index contributed by atoms with van der Waals surface area (Å²) in [4.78, 5) is 8.56. The van der Waals surface area contributed by atoms with Crippen molar-refractivity contribution < 1.29 is 19.7 Å². The summed E-state index contributed by atoms with van der Waals surface area (Å²) >= 11 is 0. The molecular formula is C16H18O4. The Bertz CT molecular complexity index is 437. The summed E-state index contributed by atoms with van der Waals surface area (Å²) in [6, 6.07) is 20.7. The van der Waals surface area contributed by atoms with Crippen LogP contribution in [-0.2, 0) is 17.8 Å². The van der Waals surface area contributed by atoms with Gasteiger partial charge in [-0.15, -0.1) is 0 Å². The van der Waals surface area contributed by atoms with Gasteiger partial charge in [0.15, 0.2) is 0 Å². The van der Waals surface area contributed by atoms with Crippen LogP contribution in [0.3, 0.4) is 0 Å². The molecule has 2 aromatic carbocycles. The fourth-order valence-corrected chi connectivity index (χ4v) is 1.60. The highest BCUT2D eigenvalue weighted by atomic mass is 16.6. The fourth-order valence-electron chi connectivity index (χ4n) is 1.60. The van der Waals surface area contributed by atoms with Gasteiger partial charge in [0.1, 0.15) is 0 Å². The highest BCUT2D eigenvalue weighted by Crippen LogP contribution is 2.03. The smallest absolute Gasteiger partial charge is 0.450 e. The molecule has 0 fully saturated rings. The van der Waals surface area contributed by atoms with Crippen LogP contribution >= 0.6 is 0 Å². The Labute approximate surface area is 118 Å². The average molecular weight is 274 g/mol. The van der Waals surface area contributed by atoms with Gasteiger partial charge in [0.05, 0.1) is 13.2 Å². The Morgan fingerprint density at radius 2 is 1.30 bits per heavy atom. The molecule has 2 rings (SSSR count). The Morgan fingerprint density at radius 3 is 1.80 bits per heavy atom. The molecule has 0 amide bonds. The lowest BCUT2D eigenvalue weighted by Crippen LogP contribution is -1.98. The van der Waals surface area contributed by atoms with E-state index in [1.165, 1.54) is 11.1 Å². The number of rotatable bonds is 5. The maximum atomic E-state index is 8.56. The van der Waals surface area contributed by atoms with E-state index in [4.69, 9.17) is 19.7 Å². The Balaban J connectivity index is 0.000000444. The summed E-state index contributed by atoms with van der Waals surface area (Å²) in [6.07, 6.45) is -0.853. The van der Waals surface area contributed by atoms with Crippen molar-refractivity contribution >= 4 is 6.16 Å². The lowest BCUT2D eigenvalue weighted by molar-refractivity contribution is 0.124.